The van der Waals surface area contributed by atoms with Crippen molar-refractivity contribution in [2.24, 2.45) is 0 Å². The summed E-state index contributed by atoms with van der Waals surface area (Å²) in [6.45, 7) is 6.11. The Kier molecular flexibility index (Phi) is 2.91. The van der Waals surface area contributed by atoms with Crippen LogP contribution in [0.2, 0.25) is 0 Å². The van der Waals surface area contributed by atoms with Crippen LogP contribution in [-0.4, -0.2) is 24.0 Å². The van der Waals surface area contributed by atoms with Crippen LogP contribution in [0.5, 0.6) is 0 Å². The van der Waals surface area contributed by atoms with Crippen LogP contribution in [0.3, 0.4) is 0 Å². The minimum Gasteiger partial charge on any atom is -0.306 e. The number of amides is 1. The van der Waals surface area contributed by atoms with Gasteiger partial charge in [-0.05, 0) is 32.9 Å². The second-order valence-electron chi connectivity index (χ2n) is 5.04. The first-order valence-corrected chi connectivity index (χ1v) is 5.76. The molecular formula is C13H17FN2O. The third-order valence-corrected chi connectivity index (χ3v) is 2.99. The van der Waals surface area contributed by atoms with Crippen LogP contribution in [0.1, 0.15) is 20.8 Å². The van der Waals surface area contributed by atoms with E-state index in [1.54, 1.807) is 18.2 Å². The van der Waals surface area contributed by atoms with Crippen molar-refractivity contribution in [2.75, 3.05) is 11.4 Å². The summed E-state index contributed by atoms with van der Waals surface area (Å²) in [5, 5.41) is 3.21. The molecule has 1 aromatic carbocycles. The quantitative estimate of drug-likeness (QED) is 0.808. The molecule has 2 rings (SSSR count). The fourth-order valence-corrected chi connectivity index (χ4v) is 2.30. The van der Waals surface area contributed by atoms with E-state index in [0.29, 0.717) is 12.2 Å². The molecule has 1 saturated heterocycles. The van der Waals surface area contributed by atoms with Gasteiger partial charge in [-0.25, -0.2) is 4.39 Å². The van der Waals surface area contributed by atoms with Crippen LogP contribution >= 0.6 is 0 Å². The Morgan fingerprint density at radius 1 is 1.41 bits per heavy atom. The van der Waals surface area contributed by atoms with Gasteiger partial charge in [0.2, 0.25) is 5.91 Å². The van der Waals surface area contributed by atoms with Gasteiger partial charge >= 0.3 is 0 Å². The second kappa shape index (κ2) is 4.11. The molecule has 0 spiro atoms. The van der Waals surface area contributed by atoms with Crippen LogP contribution in [0.4, 0.5) is 10.1 Å². The molecule has 1 atom stereocenters. The monoisotopic (exact) mass is 236 g/mol. The number of hydrogen-bond donors (Lipinski definition) is 1. The number of rotatable bonds is 1. The fraction of sp³-hybridized carbons (Fsp3) is 0.462. The first kappa shape index (κ1) is 12.0. The zero-order valence-corrected chi connectivity index (χ0v) is 10.3. The minimum atomic E-state index is -0.653. The van der Waals surface area contributed by atoms with Crippen molar-refractivity contribution in [3.8, 4) is 0 Å². The van der Waals surface area contributed by atoms with Gasteiger partial charge in [0, 0.05) is 12.6 Å². The summed E-state index contributed by atoms with van der Waals surface area (Å²) in [4.78, 5) is 13.8. The number of hydrogen-bond acceptors (Lipinski definition) is 2. The highest BCUT2D eigenvalue weighted by atomic mass is 19.1. The number of carbonyl (C=O) groups excluding carboxylic acids is 1. The molecule has 0 radical (unpaired) electrons. The normalized spacial score (nSPS) is 23.9. The number of carbonyl (C=O) groups is 1. The third kappa shape index (κ3) is 2.17. The van der Waals surface area contributed by atoms with Gasteiger partial charge in [-0.1, -0.05) is 12.1 Å². The fourth-order valence-electron chi connectivity index (χ4n) is 2.30. The van der Waals surface area contributed by atoms with Gasteiger partial charge in [0.15, 0.2) is 0 Å². The molecule has 1 aliphatic heterocycles. The van der Waals surface area contributed by atoms with E-state index in [-0.39, 0.29) is 17.8 Å². The molecular weight excluding hydrogens is 219 g/mol. The predicted molar refractivity (Wildman–Crippen MR) is 65.4 cm³/mol. The Hall–Kier alpha value is -1.42. The topological polar surface area (TPSA) is 32.3 Å². The highest BCUT2D eigenvalue weighted by Crippen LogP contribution is 2.25. The number of nitrogens with one attached hydrogen (secondary N) is 1. The first-order valence-electron chi connectivity index (χ1n) is 5.76. The van der Waals surface area contributed by atoms with E-state index in [9.17, 15) is 9.18 Å². The molecule has 1 fully saturated rings. The van der Waals surface area contributed by atoms with Crippen molar-refractivity contribution in [2.45, 2.75) is 32.4 Å². The molecule has 1 aliphatic rings. The summed E-state index contributed by atoms with van der Waals surface area (Å²) in [6, 6.07) is 6.53. The number of anilines is 1. The molecule has 0 aromatic heterocycles. The largest absolute Gasteiger partial charge is 0.306 e. The lowest BCUT2D eigenvalue weighted by Crippen LogP contribution is -2.65. The van der Waals surface area contributed by atoms with Gasteiger partial charge in [0.05, 0.1) is 11.2 Å². The Labute approximate surface area is 101 Å². The lowest BCUT2D eigenvalue weighted by atomic mass is 9.97. The lowest BCUT2D eigenvalue weighted by molar-refractivity contribution is -0.125. The van der Waals surface area contributed by atoms with E-state index in [1.165, 1.54) is 11.0 Å². The van der Waals surface area contributed by atoms with Crippen LogP contribution in [-0.2, 0) is 4.79 Å². The summed E-state index contributed by atoms with van der Waals surface area (Å²) in [5.74, 6) is -0.452. The van der Waals surface area contributed by atoms with E-state index in [0.717, 1.165) is 0 Å². The Morgan fingerprint density at radius 3 is 2.71 bits per heavy atom. The third-order valence-electron chi connectivity index (χ3n) is 2.99. The number of halogens is 1. The molecule has 92 valence electrons. The van der Waals surface area contributed by atoms with Crippen LogP contribution in [0.25, 0.3) is 0 Å². The first-order chi connectivity index (χ1) is 7.92. The average molecular weight is 236 g/mol. The summed E-state index contributed by atoms with van der Waals surface area (Å²) in [7, 11) is 0. The van der Waals surface area contributed by atoms with E-state index in [2.05, 4.69) is 5.32 Å². The van der Waals surface area contributed by atoms with Gasteiger partial charge in [-0.3, -0.25) is 10.1 Å². The lowest BCUT2D eigenvalue weighted by Gasteiger charge is -2.41. The zero-order valence-electron chi connectivity index (χ0n) is 10.3. The van der Waals surface area contributed by atoms with Gasteiger partial charge in [0.1, 0.15) is 5.82 Å². The Bertz CT molecular complexity index is 445. The van der Waals surface area contributed by atoms with E-state index >= 15 is 0 Å². The van der Waals surface area contributed by atoms with Crippen molar-refractivity contribution in [1.29, 1.82) is 0 Å². The Balaban J connectivity index is 2.38. The number of piperazine rings is 1. The van der Waals surface area contributed by atoms with E-state index in [4.69, 9.17) is 0 Å². The maximum absolute atomic E-state index is 13.7. The maximum atomic E-state index is 13.7. The summed E-state index contributed by atoms with van der Waals surface area (Å²) in [6.07, 6.45) is 0. The van der Waals surface area contributed by atoms with Crippen LogP contribution < -0.4 is 10.2 Å². The molecule has 17 heavy (non-hydrogen) atoms. The Morgan fingerprint density at radius 2 is 2.06 bits per heavy atom. The molecule has 1 aromatic rings. The van der Waals surface area contributed by atoms with Crippen molar-refractivity contribution < 1.29 is 9.18 Å². The molecule has 1 amide bonds. The molecule has 4 heteroatoms. The van der Waals surface area contributed by atoms with Crippen molar-refractivity contribution in [3.05, 3.63) is 30.1 Å². The average Bonchev–Trinajstić information content (AvgIpc) is 2.24. The molecule has 0 bridgehead atoms. The van der Waals surface area contributed by atoms with Gasteiger partial charge in [0.25, 0.3) is 0 Å². The van der Waals surface area contributed by atoms with E-state index < -0.39 is 5.54 Å². The summed E-state index contributed by atoms with van der Waals surface area (Å²) >= 11 is 0. The van der Waals surface area contributed by atoms with E-state index in [1.807, 2.05) is 20.8 Å². The van der Waals surface area contributed by atoms with Crippen molar-refractivity contribution in [1.82, 2.24) is 5.32 Å². The van der Waals surface area contributed by atoms with Gasteiger partial charge < -0.3 is 4.90 Å². The molecule has 1 N–H and O–H groups in total. The smallest absolute Gasteiger partial charge is 0.246 e. The van der Waals surface area contributed by atoms with Crippen LogP contribution in [0, 0.1) is 5.82 Å². The molecule has 1 unspecified atom stereocenters. The molecule has 1 heterocycles. The van der Waals surface area contributed by atoms with Crippen LogP contribution in [0.15, 0.2) is 24.3 Å². The highest BCUT2D eigenvalue weighted by molar-refractivity contribution is 6.00. The number of nitrogens with zero attached hydrogens (tertiary/aromatic N) is 1. The van der Waals surface area contributed by atoms with Crippen molar-refractivity contribution >= 4 is 11.6 Å². The zero-order chi connectivity index (χ0) is 12.6. The van der Waals surface area contributed by atoms with Gasteiger partial charge in [-0.15, -0.1) is 0 Å². The standard InChI is InChI=1S/C13H17FN2O/c1-9-8-16(12(17)13(2,3)15-9)11-7-5-4-6-10(11)14/h4-7,9,15H,8H2,1-3H3. The maximum Gasteiger partial charge on any atom is 0.246 e. The molecule has 0 saturated carbocycles. The molecule has 0 aliphatic carbocycles. The summed E-state index contributed by atoms with van der Waals surface area (Å²) in [5.41, 5.74) is -0.293. The molecule has 3 nitrogen and oxygen atoms in total. The van der Waals surface area contributed by atoms with Crippen molar-refractivity contribution in [3.63, 3.8) is 0 Å². The second-order valence-corrected chi connectivity index (χ2v) is 5.04. The summed E-state index contributed by atoms with van der Waals surface area (Å²) < 4.78 is 13.7. The predicted octanol–water partition coefficient (Wildman–Crippen LogP) is 1.93. The number of benzene rings is 1. The highest BCUT2D eigenvalue weighted by Gasteiger charge is 2.39. The SMILES string of the molecule is CC1CN(c2ccccc2F)C(=O)C(C)(C)N1. The minimum absolute atomic E-state index is 0.0966. The van der Waals surface area contributed by atoms with Gasteiger partial charge in [-0.2, -0.15) is 0 Å². The number of para-hydroxylation sites is 1.